The normalized spacial score (nSPS) is 15.1. The summed E-state index contributed by atoms with van der Waals surface area (Å²) in [5.41, 5.74) is 1.17. The standard InChI is InChI=1S/C24H32N2O5S/c1-4-31-20-11-9-19(10-12-20)18-25(2)24(27)22-17-21(13-14-23(22)30-3)32(28,29)26-15-7-5-6-8-16-26/h9-14,17H,4-8,15-16,18H2,1-3H3. The Labute approximate surface area is 191 Å². The van der Waals surface area contributed by atoms with Crippen molar-refractivity contribution in [3.8, 4) is 11.5 Å². The van der Waals surface area contributed by atoms with Crippen molar-refractivity contribution in [2.24, 2.45) is 0 Å². The van der Waals surface area contributed by atoms with Crippen molar-refractivity contribution < 1.29 is 22.7 Å². The summed E-state index contributed by atoms with van der Waals surface area (Å²) >= 11 is 0. The summed E-state index contributed by atoms with van der Waals surface area (Å²) in [6.07, 6.45) is 3.78. The molecule has 0 atom stereocenters. The molecule has 3 rings (SSSR count). The minimum absolute atomic E-state index is 0.123. The molecule has 32 heavy (non-hydrogen) atoms. The van der Waals surface area contributed by atoms with Crippen molar-refractivity contribution in [2.45, 2.75) is 44.0 Å². The van der Waals surface area contributed by atoms with Crippen molar-refractivity contribution in [3.63, 3.8) is 0 Å². The predicted octanol–water partition coefficient (Wildman–Crippen LogP) is 3.93. The van der Waals surface area contributed by atoms with Crippen LogP contribution in [0.2, 0.25) is 0 Å². The van der Waals surface area contributed by atoms with E-state index in [1.807, 2.05) is 31.2 Å². The smallest absolute Gasteiger partial charge is 0.257 e. The second-order valence-electron chi connectivity index (χ2n) is 7.92. The third kappa shape index (κ3) is 5.61. The van der Waals surface area contributed by atoms with Gasteiger partial charge < -0.3 is 14.4 Å². The number of ether oxygens (including phenoxy) is 2. The molecule has 0 unspecified atom stereocenters. The molecule has 1 saturated heterocycles. The van der Waals surface area contributed by atoms with Crippen LogP contribution in [0.15, 0.2) is 47.4 Å². The zero-order valence-electron chi connectivity index (χ0n) is 19.0. The van der Waals surface area contributed by atoms with Crippen LogP contribution in [0.4, 0.5) is 0 Å². The van der Waals surface area contributed by atoms with E-state index in [2.05, 4.69) is 0 Å². The van der Waals surface area contributed by atoms with E-state index in [4.69, 9.17) is 9.47 Å². The minimum atomic E-state index is -3.67. The van der Waals surface area contributed by atoms with Crippen molar-refractivity contribution in [1.82, 2.24) is 9.21 Å². The molecule has 1 heterocycles. The number of methoxy groups -OCH3 is 1. The lowest BCUT2D eigenvalue weighted by Crippen LogP contribution is -2.32. The van der Waals surface area contributed by atoms with Gasteiger partial charge in [0, 0.05) is 26.7 Å². The van der Waals surface area contributed by atoms with Gasteiger partial charge in [0.1, 0.15) is 11.5 Å². The molecule has 0 aromatic heterocycles. The molecule has 0 bridgehead atoms. The quantitative estimate of drug-likeness (QED) is 0.597. The maximum atomic E-state index is 13.2. The Morgan fingerprint density at radius 1 is 1.03 bits per heavy atom. The zero-order chi connectivity index (χ0) is 23.1. The molecule has 0 spiro atoms. The van der Waals surface area contributed by atoms with Gasteiger partial charge in [-0.25, -0.2) is 8.42 Å². The van der Waals surface area contributed by atoms with Gasteiger partial charge in [0.15, 0.2) is 0 Å². The first-order chi connectivity index (χ1) is 15.4. The molecule has 0 saturated carbocycles. The maximum absolute atomic E-state index is 13.2. The predicted molar refractivity (Wildman–Crippen MR) is 124 cm³/mol. The fraction of sp³-hybridized carbons (Fsp3) is 0.458. The van der Waals surface area contributed by atoms with E-state index >= 15 is 0 Å². The molecule has 7 nitrogen and oxygen atoms in total. The maximum Gasteiger partial charge on any atom is 0.257 e. The van der Waals surface area contributed by atoms with Crippen LogP contribution in [0.3, 0.4) is 0 Å². The van der Waals surface area contributed by atoms with Crippen LogP contribution in [0.1, 0.15) is 48.5 Å². The van der Waals surface area contributed by atoms with E-state index in [-0.39, 0.29) is 16.4 Å². The number of nitrogens with zero attached hydrogens (tertiary/aromatic N) is 2. The summed E-state index contributed by atoms with van der Waals surface area (Å²) in [5.74, 6) is 0.824. The van der Waals surface area contributed by atoms with E-state index in [1.165, 1.54) is 23.5 Å². The highest BCUT2D eigenvalue weighted by molar-refractivity contribution is 7.89. The lowest BCUT2D eigenvalue weighted by molar-refractivity contribution is 0.0781. The highest BCUT2D eigenvalue weighted by Crippen LogP contribution is 2.27. The van der Waals surface area contributed by atoms with Crippen molar-refractivity contribution in [2.75, 3.05) is 33.9 Å². The first-order valence-electron chi connectivity index (χ1n) is 11.0. The molecule has 1 fully saturated rings. The molecular weight excluding hydrogens is 428 g/mol. The first kappa shape index (κ1) is 24.1. The molecule has 1 amide bonds. The van der Waals surface area contributed by atoms with Crippen molar-refractivity contribution in [1.29, 1.82) is 0 Å². The van der Waals surface area contributed by atoms with E-state index < -0.39 is 10.0 Å². The third-order valence-electron chi connectivity index (χ3n) is 5.60. The summed E-state index contributed by atoms with van der Waals surface area (Å²) in [5, 5.41) is 0. The van der Waals surface area contributed by atoms with Gasteiger partial charge in [0.2, 0.25) is 10.0 Å². The van der Waals surface area contributed by atoms with Gasteiger partial charge in [0.05, 0.1) is 24.2 Å². The van der Waals surface area contributed by atoms with Gasteiger partial charge in [-0.05, 0) is 55.7 Å². The SMILES string of the molecule is CCOc1ccc(CN(C)C(=O)c2cc(S(=O)(=O)N3CCCCCC3)ccc2OC)cc1. The van der Waals surface area contributed by atoms with Crippen LogP contribution < -0.4 is 9.47 Å². The van der Waals surface area contributed by atoms with Crippen LogP contribution in [0.25, 0.3) is 0 Å². The molecule has 0 radical (unpaired) electrons. The topological polar surface area (TPSA) is 76.2 Å². The zero-order valence-corrected chi connectivity index (χ0v) is 19.9. The van der Waals surface area contributed by atoms with Crippen molar-refractivity contribution >= 4 is 15.9 Å². The number of carbonyl (C=O) groups is 1. The van der Waals surface area contributed by atoms with Crippen molar-refractivity contribution in [3.05, 3.63) is 53.6 Å². The molecule has 2 aromatic rings. The molecule has 8 heteroatoms. The van der Waals surface area contributed by atoms with Crippen LogP contribution in [0, 0.1) is 0 Å². The Hall–Kier alpha value is -2.58. The van der Waals surface area contributed by atoms with Gasteiger partial charge in [0.25, 0.3) is 5.91 Å². The Balaban J connectivity index is 1.83. The number of benzene rings is 2. The number of carbonyl (C=O) groups excluding carboxylic acids is 1. The molecule has 174 valence electrons. The van der Waals surface area contributed by atoms with E-state index in [9.17, 15) is 13.2 Å². The van der Waals surface area contributed by atoms with Gasteiger partial charge in [-0.2, -0.15) is 4.31 Å². The number of sulfonamides is 1. The summed E-state index contributed by atoms with van der Waals surface area (Å²) in [7, 11) is -0.506. The van der Waals surface area contributed by atoms with E-state index in [1.54, 1.807) is 18.0 Å². The average Bonchev–Trinajstić information content (AvgIpc) is 3.10. The third-order valence-corrected chi connectivity index (χ3v) is 7.50. The second-order valence-corrected chi connectivity index (χ2v) is 9.86. The van der Waals surface area contributed by atoms with Crippen LogP contribution in [-0.2, 0) is 16.6 Å². The highest BCUT2D eigenvalue weighted by Gasteiger charge is 2.27. The van der Waals surface area contributed by atoms with Crippen LogP contribution >= 0.6 is 0 Å². The molecule has 0 N–H and O–H groups in total. The number of rotatable bonds is 8. The minimum Gasteiger partial charge on any atom is -0.496 e. The lowest BCUT2D eigenvalue weighted by Gasteiger charge is -2.22. The molecular formula is C24H32N2O5S. The monoisotopic (exact) mass is 460 g/mol. The Kier molecular flexibility index (Phi) is 8.15. The number of hydrogen-bond acceptors (Lipinski definition) is 5. The summed E-state index contributed by atoms with van der Waals surface area (Å²) in [6, 6.07) is 12.1. The Bertz CT molecular complexity index is 1010. The fourth-order valence-corrected chi connectivity index (χ4v) is 5.40. The second kappa shape index (κ2) is 10.8. The fourth-order valence-electron chi connectivity index (χ4n) is 3.85. The molecule has 1 aliphatic rings. The van der Waals surface area contributed by atoms with Gasteiger partial charge >= 0.3 is 0 Å². The Morgan fingerprint density at radius 2 is 1.69 bits per heavy atom. The molecule has 2 aromatic carbocycles. The largest absolute Gasteiger partial charge is 0.496 e. The van der Waals surface area contributed by atoms with Crippen LogP contribution in [0.5, 0.6) is 11.5 Å². The highest BCUT2D eigenvalue weighted by atomic mass is 32.2. The van der Waals surface area contributed by atoms with Gasteiger partial charge in [-0.1, -0.05) is 25.0 Å². The van der Waals surface area contributed by atoms with E-state index in [0.717, 1.165) is 37.0 Å². The van der Waals surface area contributed by atoms with Crippen LogP contribution in [-0.4, -0.2) is 57.4 Å². The summed E-state index contributed by atoms with van der Waals surface area (Å²) < 4.78 is 38.8. The first-order valence-corrected chi connectivity index (χ1v) is 12.5. The molecule has 0 aliphatic carbocycles. The number of hydrogen-bond donors (Lipinski definition) is 0. The van der Waals surface area contributed by atoms with E-state index in [0.29, 0.717) is 32.0 Å². The summed E-state index contributed by atoms with van der Waals surface area (Å²) in [6.45, 7) is 3.91. The Morgan fingerprint density at radius 3 is 2.28 bits per heavy atom. The number of amides is 1. The average molecular weight is 461 g/mol. The van der Waals surface area contributed by atoms with Gasteiger partial charge in [-0.3, -0.25) is 4.79 Å². The lowest BCUT2D eigenvalue weighted by atomic mass is 10.1. The van der Waals surface area contributed by atoms with Gasteiger partial charge in [-0.15, -0.1) is 0 Å². The molecule has 1 aliphatic heterocycles. The summed E-state index contributed by atoms with van der Waals surface area (Å²) in [4.78, 5) is 14.9.